The number of carboxylic acid groups (broad SMARTS) is 1. The second-order valence-electron chi connectivity index (χ2n) is 6.90. The van der Waals surface area contributed by atoms with Crippen molar-refractivity contribution in [3.05, 3.63) is 89.4 Å². The van der Waals surface area contributed by atoms with E-state index >= 15 is 0 Å². The normalized spacial score (nSPS) is 10.8. The zero-order chi connectivity index (χ0) is 21.3. The highest BCUT2D eigenvalue weighted by molar-refractivity contribution is 5.94. The molecule has 6 nitrogen and oxygen atoms in total. The summed E-state index contributed by atoms with van der Waals surface area (Å²) in [4.78, 5) is 16.0. The Morgan fingerprint density at radius 3 is 2.47 bits per heavy atom. The molecule has 0 aliphatic carbocycles. The van der Waals surface area contributed by atoms with Gasteiger partial charge in [0.15, 0.2) is 0 Å². The summed E-state index contributed by atoms with van der Waals surface area (Å²) in [5, 5.41) is 17.4. The van der Waals surface area contributed by atoms with E-state index in [2.05, 4.69) is 10.3 Å². The maximum absolute atomic E-state index is 13.3. The summed E-state index contributed by atoms with van der Waals surface area (Å²) >= 11 is 0. The Balaban J connectivity index is 1.86. The number of aryl methyl sites for hydroxylation is 2. The second-order valence-corrected chi connectivity index (χ2v) is 6.90. The minimum atomic E-state index is -1.08. The highest BCUT2D eigenvalue weighted by Gasteiger charge is 2.17. The fraction of sp³-hybridized carbons (Fsp3) is 0.0870. The van der Waals surface area contributed by atoms with E-state index in [1.54, 1.807) is 35.9 Å². The number of aromatic carboxylic acids is 1. The van der Waals surface area contributed by atoms with Crippen LogP contribution in [0.1, 0.15) is 21.6 Å². The fourth-order valence-corrected chi connectivity index (χ4v) is 3.16. The van der Waals surface area contributed by atoms with E-state index < -0.39 is 5.97 Å². The third-order valence-electron chi connectivity index (χ3n) is 4.70. The van der Waals surface area contributed by atoms with Gasteiger partial charge in [0.1, 0.15) is 23.0 Å². The third kappa shape index (κ3) is 3.77. The number of nitrogens with one attached hydrogen (secondary N) is 1. The topological polar surface area (TPSA) is 80.0 Å². The zero-order valence-electron chi connectivity index (χ0n) is 16.4. The lowest BCUT2D eigenvalue weighted by Gasteiger charge is -2.13. The Labute approximate surface area is 172 Å². The summed E-state index contributed by atoms with van der Waals surface area (Å²) in [6.45, 7) is 3.76. The van der Waals surface area contributed by atoms with Crippen molar-refractivity contribution in [2.45, 2.75) is 13.8 Å². The average Bonchev–Trinajstić information content (AvgIpc) is 3.12. The number of hydrogen-bond donors (Lipinski definition) is 2. The summed E-state index contributed by atoms with van der Waals surface area (Å²) in [5.41, 5.74) is 3.92. The molecule has 30 heavy (non-hydrogen) atoms. The molecule has 4 rings (SSSR count). The van der Waals surface area contributed by atoms with Gasteiger partial charge in [-0.1, -0.05) is 18.2 Å². The Hall–Kier alpha value is -4.00. The van der Waals surface area contributed by atoms with Crippen LogP contribution < -0.4 is 5.32 Å². The fourth-order valence-electron chi connectivity index (χ4n) is 3.16. The lowest BCUT2D eigenvalue weighted by molar-refractivity contribution is 0.0697. The molecule has 0 aliphatic rings. The van der Waals surface area contributed by atoms with E-state index in [0.717, 1.165) is 16.8 Å². The molecule has 0 amide bonds. The monoisotopic (exact) mass is 402 g/mol. The third-order valence-corrected chi connectivity index (χ3v) is 4.70. The molecule has 0 aliphatic heterocycles. The smallest absolute Gasteiger partial charge is 0.339 e. The number of anilines is 2. The molecule has 0 spiro atoms. The van der Waals surface area contributed by atoms with Gasteiger partial charge in [0.05, 0.1) is 11.4 Å². The molecule has 7 heteroatoms. The van der Waals surface area contributed by atoms with Crippen molar-refractivity contribution in [2.75, 3.05) is 5.32 Å². The molecule has 2 N–H and O–H groups in total. The number of nitrogens with zero attached hydrogens (tertiary/aromatic N) is 3. The first kappa shape index (κ1) is 19.3. The van der Waals surface area contributed by atoms with Crippen LogP contribution in [0.15, 0.2) is 66.7 Å². The average molecular weight is 402 g/mol. The number of carbonyl (C=O) groups is 1. The molecular formula is C23H19FN4O2. The van der Waals surface area contributed by atoms with E-state index in [1.807, 2.05) is 31.2 Å². The standard InChI is InChI=1S/C23H19FN4O2/c1-14-5-3-4-6-20(14)28-21(13-19(27-28)16-8-10-17(24)11-9-16)26-22-18(23(29)30)12-7-15(2)25-22/h3-13H,1-2H3,(H,25,26)(H,29,30). The van der Waals surface area contributed by atoms with E-state index in [9.17, 15) is 14.3 Å². The minimum absolute atomic E-state index is 0.0569. The van der Waals surface area contributed by atoms with Crippen LogP contribution in [0.5, 0.6) is 0 Å². The van der Waals surface area contributed by atoms with Gasteiger partial charge >= 0.3 is 5.97 Å². The summed E-state index contributed by atoms with van der Waals surface area (Å²) in [6, 6.07) is 18.7. The summed E-state index contributed by atoms with van der Waals surface area (Å²) in [7, 11) is 0. The number of halogens is 1. The SMILES string of the molecule is Cc1ccc(C(=O)O)c(Nc2cc(-c3ccc(F)cc3)nn2-c2ccccc2C)n1. The van der Waals surface area contributed by atoms with Crippen molar-refractivity contribution >= 4 is 17.6 Å². The molecule has 150 valence electrons. The largest absolute Gasteiger partial charge is 0.478 e. The van der Waals surface area contributed by atoms with Gasteiger partial charge in [0.25, 0.3) is 0 Å². The maximum Gasteiger partial charge on any atom is 0.339 e. The van der Waals surface area contributed by atoms with Crippen LogP contribution in [-0.4, -0.2) is 25.8 Å². The van der Waals surface area contributed by atoms with Gasteiger partial charge in [-0.3, -0.25) is 0 Å². The van der Waals surface area contributed by atoms with Crippen molar-refractivity contribution in [2.24, 2.45) is 0 Å². The van der Waals surface area contributed by atoms with Gasteiger partial charge in [0.2, 0.25) is 0 Å². The Morgan fingerprint density at radius 2 is 1.77 bits per heavy atom. The molecule has 0 saturated carbocycles. The maximum atomic E-state index is 13.3. The van der Waals surface area contributed by atoms with Crippen molar-refractivity contribution in [3.63, 3.8) is 0 Å². The lowest BCUT2D eigenvalue weighted by Crippen LogP contribution is -2.09. The van der Waals surface area contributed by atoms with Crippen LogP contribution in [0.2, 0.25) is 0 Å². The Kier molecular flexibility index (Phi) is 5.02. The molecule has 0 saturated heterocycles. The van der Waals surface area contributed by atoms with Gasteiger partial charge < -0.3 is 10.4 Å². The second kappa shape index (κ2) is 7.79. The van der Waals surface area contributed by atoms with Crippen LogP contribution in [0.3, 0.4) is 0 Å². The number of aromatic nitrogens is 3. The molecule has 4 aromatic rings. The number of pyridine rings is 1. The highest BCUT2D eigenvalue weighted by atomic mass is 19.1. The van der Waals surface area contributed by atoms with Crippen molar-refractivity contribution in [1.82, 2.24) is 14.8 Å². The number of hydrogen-bond acceptors (Lipinski definition) is 4. The molecule has 0 radical (unpaired) electrons. The molecule has 2 aromatic heterocycles. The van der Waals surface area contributed by atoms with Crippen molar-refractivity contribution in [3.8, 4) is 16.9 Å². The molecule has 0 atom stereocenters. The molecule has 0 fully saturated rings. The van der Waals surface area contributed by atoms with Crippen molar-refractivity contribution in [1.29, 1.82) is 0 Å². The van der Waals surface area contributed by atoms with E-state index in [1.165, 1.54) is 18.2 Å². The molecule has 0 bridgehead atoms. The summed E-state index contributed by atoms with van der Waals surface area (Å²) < 4.78 is 15.0. The van der Waals surface area contributed by atoms with Gasteiger partial charge in [0, 0.05) is 17.3 Å². The Morgan fingerprint density at radius 1 is 1.03 bits per heavy atom. The van der Waals surface area contributed by atoms with Gasteiger partial charge in [-0.2, -0.15) is 5.10 Å². The summed E-state index contributed by atoms with van der Waals surface area (Å²) in [5.74, 6) is -0.636. The van der Waals surface area contributed by atoms with Crippen LogP contribution in [0.4, 0.5) is 16.0 Å². The predicted octanol–water partition coefficient (Wildman–Crippen LogP) is 5.13. The number of para-hydroxylation sites is 1. The zero-order valence-corrected chi connectivity index (χ0v) is 16.4. The van der Waals surface area contributed by atoms with Crippen LogP contribution in [0.25, 0.3) is 16.9 Å². The van der Waals surface area contributed by atoms with E-state index in [4.69, 9.17) is 5.10 Å². The summed E-state index contributed by atoms with van der Waals surface area (Å²) in [6.07, 6.45) is 0. The van der Waals surface area contributed by atoms with Crippen LogP contribution in [-0.2, 0) is 0 Å². The van der Waals surface area contributed by atoms with E-state index in [0.29, 0.717) is 17.2 Å². The first-order valence-corrected chi connectivity index (χ1v) is 9.32. The molecule has 2 aromatic carbocycles. The van der Waals surface area contributed by atoms with Crippen LogP contribution >= 0.6 is 0 Å². The van der Waals surface area contributed by atoms with Crippen LogP contribution in [0, 0.1) is 19.7 Å². The highest BCUT2D eigenvalue weighted by Crippen LogP contribution is 2.29. The number of rotatable bonds is 5. The predicted molar refractivity (Wildman–Crippen MR) is 113 cm³/mol. The number of benzene rings is 2. The lowest BCUT2D eigenvalue weighted by atomic mass is 10.1. The minimum Gasteiger partial charge on any atom is -0.478 e. The number of carboxylic acids is 1. The Bertz CT molecular complexity index is 1230. The van der Waals surface area contributed by atoms with Gasteiger partial charge in [-0.05, 0) is 61.9 Å². The molecule has 2 heterocycles. The quantitative estimate of drug-likeness (QED) is 0.484. The molecular weight excluding hydrogens is 383 g/mol. The van der Waals surface area contributed by atoms with E-state index in [-0.39, 0.29) is 17.2 Å². The van der Waals surface area contributed by atoms with Crippen molar-refractivity contribution < 1.29 is 14.3 Å². The first-order valence-electron chi connectivity index (χ1n) is 9.32. The first-order chi connectivity index (χ1) is 14.4. The van der Waals surface area contributed by atoms with Gasteiger partial charge in [-0.15, -0.1) is 0 Å². The molecule has 0 unspecified atom stereocenters. The van der Waals surface area contributed by atoms with Gasteiger partial charge in [-0.25, -0.2) is 18.9 Å².